The molecule has 54 heavy (non-hydrogen) atoms. The summed E-state index contributed by atoms with van der Waals surface area (Å²) in [4.78, 5) is 33.1. The topological polar surface area (TPSA) is 150 Å². The number of carbonyl (C=O) groups excluding carboxylic acids is 2. The zero-order valence-corrected chi connectivity index (χ0v) is 34.6. The number of hydrogen-bond acceptors (Lipinski definition) is 9. The number of rotatable bonds is 10. The van der Waals surface area contributed by atoms with Gasteiger partial charge < -0.3 is 20.1 Å². The number of aryl methyl sites for hydroxylation is 2. The van der Waals surface area contributed by atoms with Crippen LogP contribution >= 0.6 is 23.1 Å². The number of amidine groups is 1. The molecule has 4 rings (SSSR count). The van der Waals surface area contributed by atoms with E-state index in [9.17, 15) is 18.0 Å². The zero-order chi connectivity index (χ0) is 39.8. The average Bonchev–Trinajstić information content (AvgIpc) is 3.54. The van der Waals surface area contributed by atoms with E-state index >= 15 is 0 Å². The van der Waals surface area contributed by atoms with Crippen LogP contribution < -0.4 is 10.6 Å². The Morgan fingerprint density at radius 2 is 1.61 bits per heavy atom. The van der Waals surface area contributed by atoms with Crippen LogP contribution in [0.15, 0.2) is 97.9 Å². The van der Waals surface area contributed by atoms with Gasteiger partial charge in [-0.15, -0.1) is 28.1 Å². The van der Waals surface area contributed by atoms with Crippen LogP contribution in [0.25, 0.3) is 11.1 Å². The number of thioether (sulfide) groups is 1. The van der Waals surface area contributed by atoms with Crippen molar-refractivity contribution in [3.05, 3.63) is 94.9 Å². The molecule has 0 aliphatic rings. The first-order valence-electron chi connectivity index (χ1n) is 17.3. The number of amides is 2. The highest BCUT2D eigenvalue weighted by Gasteiger charge is 2.29. The van der Waals surface area contributed by atoms with Gasteiger partial charge in [0.15, 0.2) is 0 Å². The molecule has 0 bridgehead atoms. The smallest absolute Gasteiger partial charge is 0.437 e. The fraction of sp³-hybridized carbons (Fsp3) is 0.350. The van der Waals surface area contributed by atoms with Gasteiger partial charge in [-0.2, -0.15) is 0 Å². The lowest BCUT2D eigenvalue weighted by Crippen LogP contribution is -2.45. The van der Waals surface area contributed by atoms with Crippen molar-refractivity contribution in [3.8, 4) is 11.1 Å². The number of hydrogen-bond donors (Lipinski definition) is 3. The molecular formula is C40H49N5O6S3. The van der Waals surface area contributed by atoms with Crippen LogP contribution in [0.3, 0.4) is 0 Å². The summed E-state index contributed by atoms with van der Waals surface area (Å²) < 4.78 is 39.7. The Balaban J connectivity index is 1.69. The van der Waals surface area contributed by atoms with Crippen LogP contribution in [-0.4, -0.2) is 68.3 Å². The second-order valence-corrected chi connectivity index (χ2v) is 18.5. The van der Waals surface area contributed by atoms with E-state index in [2.05, 4.69) is 15.6 Å². The normalized spacial score (nSPS) is 12.2. The van der Waals surface area contributed by atoms with Gasteiger partial charge in [0.25, 0.3) is 0 Å². The van der Waals surface area contributed by atoms with E-state index in [1.165, 1.54) is 28.0 Å². The average molecular weight is 792 g/mol. The third kappa shape index (κ3) is 11.4. The molecule has 0 atom stereocenters. The van der Waals surface area contributed by atoms with Crippen LogP contribution in [-0.2, 0) is 25.7 Å². The number of sulfone groups is 1. The molecule has 0 fully saturated rings. The molecule has 0 saturated heterocycles. The summed E-state index contributed by atoms with van der Waals surface area (Å²) in [6.45, 7) is 12.6. The molecule has 0 aliphatic heterocycles. The van der Waals surface area contributed by atoms with E-state index in [4.69, 9.17) is 14.9 Å². The van der Waals surface area contributed by atoms with Crippen molar-refractivity contribution in [3.63, 3.8) is 0 Å². The predicted molar refractivity (Wildman–Crippen MR) is 219 cm³/mol. The molecule has 4 aromatic rings. The summed E-state index contributed by atoms with van der Waals surface area (Å²) in [5.74, 6) is 0.0911. The summed E-state index contributed by atoms with van der Waals surface area (Å²) in [7, 11) is -2.28. The van der Waals surface area contributed by atoms with Crippen molar-refractivity contribution < 1.29 is 27.5 Å². The summed E-state index contributed by atoms with van der Waals surface area (Å²) >= 11 is 2.58. The number of benzene rings is 3. The quantitative estimate of drug-likeness (QED) is 0.0811. The number of carbonyl (C=O) groups is 2. The second kappa shape index (κ2) is 17.7. The first-order valence-corrected chi connectivity index (χ1v) is 20.9. The van der Waals surface area contributed by atoms with E-state index in [-0.39, 0.29) is 28.1 Å². The molecule has 3 aromatic carbocycles. The number of ether oxygens (including phenoxy) is 2. The van der Waals surface area contributed by atoms with Crippen molar-refractivity contribution >= 4 is 62.6 Å². The maximum atomic E-state index is 13.9. The highest BCUT2D eigenvalue weighted by molar-refractivity contribution is 8.01. The molecule has 2 amide bonds. The van der Waals surface area contributed by atoms with Gasteiger partial charge in [-0.1, -0.05) is 48.5 Å². The number of guanidine groups is 1. The Bertz CT molecular complexity index is 2120. The fourth-order valence-corrected chi connectivity index (χ4v) is 9.30. The first-order chi connectivity index (χ1) is 25.3. The molecule has 0 aliphatic carbocycles. The number of nitrogens with one attached hydrogen (secondary N) is 3. The monoisotopic (exact) mass is 791 g/mol. The number of anilines is 1. The first kappa shape index (κ1) is 42.1. The van der Waals surface area contributed by atoms with Gasteiger partial charge in [0.1, 0.15) is 17.0 Å². The molecule has 0 saturated carbocycles. The Kier molecular flexibility index (Phi) is 13.8. The van der Waals surface area contributed by atoms with E-state index in [1.54, 1.807) is 78.9 Å². The summed E-state index contributed by atoms with van der Waals surface area (Å²) in [6, 6.07) is 23.6. The van der Waals surface area contributed by atoms with Gasteiger partial charge in [0.05, 0.1) is 18.9 Å². The van der Waals surface area contributed by atoms with Crippen LogP contribution in [0.4, 0.5) is 15.3 Å². The molecule has 0 spiro atoms. The lowest BCUT2D eigenvalue weighted by atomic mass is 10.00. The minimum Gasteiger partial charge on any atom is -0.443 e. The van der Waals surface area contributed by atoms with Crippen molar-refractivity contribution in [2.75, 3.05) is 25.2 Å². The Morgan fingerprint density at radius 3 is 2.22 bits per heavy atom. The van der Waals surface area contributed by atoms with Gasteiger partial charge >= 0.3 is 12.2 Å². The van der Waals surface area contributed by atoms with Gasteiger partial charge in [-0.25, -0.2) is 22.9 Å². The highest BCUT2D eigenvalue weighted by Crippen LogP contribution is 2.38. The van der Waals surface area contributed by atoms with Crippen molar-refractivity contribution in [2.45, 2.75) is 86.5 Å². The number of thiophene rings is 1. The molecular weight excluding hydrogens is 743 g/mol. The van der Waals surface area contributed by atoms with Crippen molar-refractivity contribution in [1.29, 1.82) is 5.41 Å². The summed E-state index contributed by atoms with van der Waals surface area (Å²) in [5.41, 5.74) is 2.25. The second-order valence-electron chi connectivity index (χ2n) is 14.4. The van der Waals surface area contributed by atoms with Gasteiger partial charge in [-0.05, 0) is 120 Å². The molecule has 14 heteroatoms. The Labute approximate surface area is 327 Å². The SMILES string of the molecule is CNC(=N)c1cc(S(=O)(=O)c2cccc(-c3ccc(N/C(=N\C(=O)OC(C)(C)C)N(CCCc4ccccc4)C(=O)OC(C)(C)C)cc3C)c2)c(SC)s1. The maximum Gasteiger partial charge on any atom is 0.437 e. The van der Waals surface area contributed by atoms with Gasteiger partial charge in [0.2, 0.25) is 15.8 Å². The van der Waals surface area contributed by atoms with Crippen LogP contribution in [0.5, 0.6) is 0 Å². The number of nitrogens with zero attached hydrogens (tertiary/aromatic N) is 2. The zero-order valence-electron chi connectivity index (χ0n) is 32.2. The molecule has 11 nitrogen and oxygen atoms in total. The number of aliphatic imine (C=N–C) groups is 1. The fourth-order valence-electron chi connectivity index (χ4n) is 5.30. The molecule has 3 N–H and O–H groups in total. The van der Waals surface area contributed by atoms with Crippen molar-refractivity contribution in [1.82, 2.24) is 10.2 Å². The minimum absolute atomic E-state index is 0.0575. The van der Waals surface area contributed by atoms with E-state index in [0.717, 1.165) is 16.7 Å². The maximum absolute atomic E-state index is 13.9. The lowest BCUT2D eigenvalue weighted by molar-refractivity contribution is 0.0367. The van der Waals surface area contributed by atoms with Crippen LogP contribution in [0.2, 0.25) is 0 Å². The van der Waals surface area contributed by atoms with E-state index < -0.39 is 33.2 Å². The Hall–Kier alpha value is -4.66. The van der Waals surface area contributed by atoms with Gasteiger partial charge in [-0.3, -0.25) is 5.41 Å². The third-order valence-electron chi connectivity index (χ3n) is 7.73. The molecule has 0 radical (unpaired) electrons. The third-order valence-corrected chi connectivity index (χ3v) is 12.0. The highest BCUT2D eigenvalue weighted by atomic mass is 32.2. The summed E-state index contributed by atoms with van der Waals surface area (Å²) in [6.07, 6.45) is 1.49. The molecule has 1 aromatic heterocycles. The van der Waals surface area contributed by atoms with E-state index in [1.807, 2.05) is 61.7 Å². The lowest BCUT2D eigenvalue weighted by Gasteiger charge is -2.29. The standard InChI is InChI=1S/C40H49N5O6S3/c1-26-23-29(20-21-31(26)28-18-13-19-30(24-28)54(48,49)33-25-32(34(41)42-8)53-35(33)52-9)43-36(44-37(46)50-39(2,3)4)45(38(47)51-40(5,6)7)22-14-17-27-15-11-10-12-16-27/h10-13,15-16,18-21,23-25H,14,17,22H2,1-9H3,(H2,41,42)(H,43,44,46). The largest absolute Gasteiger partial charge is 0.443 e. The van der Waals surface area contributed by atoms with Crippen LogP contribution in [0.1, 0.15) is 64.0 Å². The molecule has 288 valence electrons. The van der Waals surface area contributed by atoms with Crippen LogP contribution in [0, 0.1) is 12.3 Å². The molecule has 0 unspecified atom stereocenters. The minimum atomic E-state index is -3.91. The van der Waals surface area contributed by atoms with Crippen molar-refractivity contribution in [2.24, 2.45) is 4.99 Å². The van der Waals surface area contributed by atoms with Gasteiger partial charge in [0, 0.05) is 19.3 Å². The van der Waals surface area contributed by atoms with E-state index in [0.29, 0.717) is 33.2 Å². The predicted octanol–water partition coefficient (Wildman–Crippen LogP) is 9.40. The Morgan fingerprint density at radius 1 is 0.926 bits per heavy atom. The summed E-state index contributed by atoms with van der Waals surface area (Å²) in [5, 5.41) is 14.1. The molecule has 1 heterocycles.